The van der Waals surface area contributed by atoms with Crippen LogP contribution in [0.3, 0.4) is 0 Å². The van der Waals surface area contributed by atoms with Gasteiger partial charge in [-0.3, -0.25) is 10.1 Å². The van der Waals surface area contributed by atoms with Crippen molar-refractivity contribution in [3.63, 3.8) is 0 Å². The molecule has 1 heterocycles. The Balaban J connectivity index is 2.27. The molecule has 0 radical (unpaired) electrons. The Bertz CT molecular complexity index is 465. The van der Waals surface area contributed by atoms with E-state index in [9.17, 15) is 18.9 Å². The van der Waals surface area contributed by atoms with Crippen LogP contribution < -0.4 is 5.32 Å². The maximum absolute atomic E-state index is 13.6. The minimum atomic E-state index is -0.941. The van der Waals surface area contributed by atoms with E-state index in [1.165, 1.54) is 0 Å². The van der Waals surface area contributed by atoms with Crippen molar-refractivity contribution in [3.8, 4) is 0 Å². The highest BCUT2D eigenvalue weighted by Crippen LogP contribution is 2.31. The van der Waals surface area contributed by atoms with Crippen LogP contribution in [0.15, 0.2) is 12.1 Å². The van der Waals surface area contributed by atoms with Gasteiger partial charge in [-0.25, -0.2) is 8.78 Å². The first-order valence-corrected chi connectivity index (χ1v) is 6.71. The number of hydrogen-bond donors (Lipinski definition) is 1. The molecule has 0 aliphatic carbocycles. The fraction of sp³-hybridized carbons (Fsp3) is 0.455. The molecule has 2 rings (SSSR count). The predicted octanol–water partition coefficient (Wildman–Crippen LogP) is 3.18. The minimum Gasteiger partial charge on any atom is -0.374 e. The monoisotopic (exact) mass is 274 g/mol. The molecule has 0 unspecified atom stereocenters. The molecule has 98 valence electrons. The summed E-state index contributed by atoms with van der Waals surface area (Å²) in [6.45, 7) is 0. The van der Waals surface area contributed by atoms with Crippen molar-refractivity contribution in [1.82, 2.24) is 0 Å². The van der Waals surface area contributed by atoms with E-state index in [4.69, 9.17) is 0 Å². The summed E-state index contributed by atoms with van der Waals surface area (Å²) in [7, 11) is 0. The van der Waals surface area contributed by atoms with Gasteiger partial charge in [-0.05, 0) is 24.3 Å². The molecule has 1 N–H and O–H groups in total. The van der Waals surface area contributed by atoms with Gasteiger partial charge in [-0.1, -0.05) is 0 Å². The van der Waals surface area contributed by atoms with Crippen LogP contribution in [-0.2, 0) is 0 Å². The Morgan fingerprint density at radius 1 is 1.33 bits per heavy atom. The molecule has 1 aromatic rings. The van der Waals surface area contributed by atoms with Gasteiger partial charge in [0.1, 0.15) is 11.5 Å². The number of benzene rings is 1. The largest absolute Gasteiger partial charge is 0.374 e. The van der Waals surface area contributed by atoms with Crippen LogP contribution >= 0.6 is 11.8 Å². The van der Waals surface area contributed by atoms with Crippen LogP contribution in [-0.4, -0.2) is 22.5 Å². The molecule has 0 saturated carbocycles. The first-order valence-electron chi connectivity index (χ1n) is 5.55. The fourth-order valence-corrected chi connectivity index (χ4v) is 3.00. The fourth-order valence-electron chi connectivity index (χ4n) is 1.89. The topological polar surface area (TPSA) is 55.2 Å². The maximum Gasteiger partial charge on any atom is 0.298 e. The van der Waals surface area contributed by atoms with Gasteiger partial charge in [-0.2, -0.15) is 11.8 Å². The third kappa shape index (κ3) is 2.90. The number of rotatable bonds is 3. The zero-order chi connectivity index (χ0) is 13.1. The van der Waals surface area contributed by atoms with E-state index in [0.29, 0.717) is 6.07 Å². The van der Waals surface area contributed by atoms with Crippen molar-refractivity contribution in [2.45, 2.75) is 18.9 Å². The highest BCUT2D eigenvalue weighted by atomic mass is 32.2. The van der Waals surface area contributed by atoms with Gasteiger partial charge in [-0.15, -0.1) is 0 Å². The number of nitro benzene ring substituents is 1. The maximum atomic E-state index is 13.6. The predicted molar refractivity (Wildman–Crippen MR) is 67.0 cm³/mol. The number of halogens is 2. The third-order valence-corrected chi connectivity index (χ3v) is 3.85. The summed E-state index contributed by atoms with van der Waals surface area (Å²) in [6.07, 6.45) is 1.64. The van der Waals surface area contributed by atoms with Crippen LogP contribution in [0.2, 0.25) is 0 Å². The average molecular weight is 274 g/mol. The van der Waals surface area contributed by atoms with Crippen molar-refractivity contribution in [3.05, 3.63) is 33.9 Å². The third-order valence-electron chi connectivity index (χ3n) is 2.80. The van der Waals surface area contributed by atoms with Crippen molar-refractivity contribution >= 4 is 23.1 Å². The Kier molecular flexibility index (Phi) is 4.00. The second kappa shape index (κ2) is 5.51. The Morgan fingerprint density at radius 2 is 2.00 bits per heavy atom. The van der Waals surface area contributed by atoms with Crippen LogP contribution in [0, 0.1) is 21.7 Å². The van der Waals surface area contributed by atoms with Gasteiger partial charge < -0.3 is 5.32 Å². The molecule has 0 aromatic heterocycles. The molecule has 0 amide bonds. The van der Waals surface area contributed by atoms with Gasteiger partial charge in [0.05, 0.1) is 11.0 Å². The smallest absolute Gasteiger partial charge is 0.298 e. The lowest BCUT2D eigenvalue weighted by Crippen LogP contribution is -2.25. The Morgan fingerprint density at radius 3 is 2.61 bits per heavy atom. The van der Waals surface area contributed by atoms with E-state index in [0.717, 1.165) is 30.4 Å². The first kappa shape index (κ1) is 13.1. The van der Waals surface area contributed by atoms with E-state index in [2.05, 4.69) is 5.32 Å². The molecule has 7 heteroatoms. The summed E-state index contributed by atoms with van der Waals surface area (Å²) in [5.41, 5.74) is -0.760. The minimum absolute atomic E-state index is 0.00455. The van der Waals surface area contributed by atoms with Gasteiger partial charge >= 0.3 is 0 Å². The van der Waals surface area contributed by atoms with Crippen molar-refractivity contribution in [1.29, 1.82) is 0 Å². The summed E-state index contributed by atoms with van der Waals surface area (Å²) in [5.74, 6) is 0.0200. The molecule has 1 aliphatic rings. The zero-order valence-corrected chi connectivity index (χ0v) is 10.3. The molecular formula is C11H12F2N2O2S. The number of anilines is 1. The summed E-state index contributed by atoms with van der Waals surface area (Å²) in [6, 6.07) is 1.40. The van der Waals surface area contributed by atoms with Gasteiger partial charge in [0.25, 0.3) is 5.69 Å². The lowest BCUT2D eigenvalue weighted by atomic mass is 10.1. The summed E-state index contributed by atoms with van der Waals surface area (Å²) >= 11 is 1.80. The number of nitrogens with one attached hydrogen (secondary N) is 1. The Hall–Kier alpha value is -1.37. The normalized spacial score (nSPS) is 16.6. The quantitative estimate of drug-likeness (QED) is 0.679. The van der Waals surface area contributed by atoms with Gasteiger partial charge in [0.15, 0.2) is 5.82 Å². The molecule has 1 aliphatic heterocycles. The molecule has 0 atom stereocenters. The van der Waals surface area contributed by atoms with Crippen molar-refractivity contribution < 1.29 is 13.7 Å². The molecule has 4 nitrogen and oxygen atoms in total. The molecular weight excluding hydrogens is 262 g/mol. The number of nitrogens with zero attached hydrogens (tertiary/aromatic N) is 1. The van der Waals surface area contributed by atoms with E-state index in [1.54, 1.807) is 11.8 Å². The lowest BCUT2D eigenvalue weighted by molar-refractivity contribution is -0.384. The van der Waals surface area contributed by atoms with E-state index >= 15 is 0 Å². The highest BCUT2D eigenvalue weighted by molar-refractivity contribution is 7.99. The first-order chi connectivity index (χ1) is 8.58. The SMILES string of the molecule is O=[N+]([O-])c1cc(F)cc(F)c1NC1CCSCC1. The molecule has 0 spiro atoms. The molecule has 0 bridgehead atoms. The summed E-state index contributed by atoms with van der Waals surface area (Å²) < 4.78 is 26.6. The van der Waals surface area contributed by atoms with Crippen molar-refractivity contribution in [2.24, 2.45) is 0 Å². The molecule has 18 heavy (non-hydrogen) atoms. The van der Waals surface area contributed by atoms with Crippen LogP contribution in [0.4, 0.5) is 20.2 Å². The van der Waals surface area contributed by atoms with E-state index in [1.807, 2.05) is 0 Å². The second-order valence-corrected chi connectivity index (χ2v) is 5.29. The Labute approximate surface area is 107 Å². The van der Waals surface area contributed by atoms with E-state index in [-0.39, 0.29) is 11.7 Å². The average Bonchev–Trinajstić information content (AvgIpc) is 2.33. The van der Waals surface area contributed by atoms with Gasteiger partial charge in [0, 0.05) is 12.1 Å². The molecule has 1 saturated heterocycles. The number of nitro groups is 1. The number of thioether (sulfide) groups is 1. The van der Waals surface area contributed by atoms with Crippen LogP contribution in [0.5, 0.6) is 0 Å². The van der Waals surface area contributed by atoms with Crippen molar-refractivity contribution in [2.75, 3.05) is 16.8 Å². The summed E-state index contributed by atoms with van der Waals surface area (Å²) in [4.78, 5) is 10.0. The second-order valence-electron chi connectivity index (χ2n) is 4.07. The van der Waals surface area contributed by atoms with E-state index < -0.39 is 22.2 Å². The molecule has 1 aromatic carbocycles. The van der Waals surface area contributed by atoms with Gasteiger partial charge in [0.2, 0.25) is 0 Å². The van der Waals surface area contributed by atoms with Crippen LogP contribution in [0.1, 0.15) is 12.8 Å². The standard InChI is InChI=1S/C11H12F2N2O2S/c12-7-5-9(13)11(10(6-7)15(16)17)14-8-1-3-18-4-2-8/h5-6,8,14H,1-4H2. The molecule has 1 fully saturated rings. The van der Waals surface area contributed by atoms with Crippen LogP contribution in [0.25, 0.3) is 0 Å². The highest BCUT2D eigenvalue weighted by Gasteiger charge is 2.23. The zero-order valence-electron chi connectivity index (χ0n) is 9.49. The summed E-state index contributed by atoms with van der Waals surface area (Å²) in [5, 5.41) is 13.6. The number of hydrogen-bond acceptors (Lipinski definition) is 4. The lowest BCUT2D eigenvalue weighted by Gasteiger charge is -2.23.